The Balaban J connectivity index is 3.01. The van der Waals surface area contributed by atoms with Crippen molar-refractivity contribution in [1.29, 1.82) is 0 Å². The lowest BCUT2D eigenvalue weighted by Crippen LogP contribution is -2.33. The van der Waals surface area contributed by atoms with Crippen molar-refractivity contribution >= 4 is 11.9 Å². The summed E-state index contributed by atoms with van der Waals surface area (Å²) < 4.78 is 41.8. The van der Waals surface area contributed by atoms with Gasteiger partial charge in [-0.1, -0.05) is 0 Å². The zero-order chi connectivity index (χ0) is 16.0. The number of alkyl halides is 2. The van der Waals surface area contributed by atoms with Crippen LogP contribution in [0, 0.1) is 5.82 Å². The average molecular weight is 305 g/mol. The number of hydrogen-bond acceptors (Lipinski definition) is 3. The van der Waals surface area contributed by atoms with E-state index in [4.69, 9.17) is 5.11 Å². The summed E-state index contributed by atoms with van der Waals surface area (Å²) in [6.45, 7) is -1.50. The molecule has 0 saturated carbocycles. The monoisotopic (exact) mass is 305 g/mol. The van der Waals surface area contributed by atoms with E-state index in [0.29, 0.717) is 6.07 Å². The van der Waals surface area contributed by atoms with E-state index in [-0.39, 0.29) is 25.1 Å². The van der Waals surface area contributed by atoms with Gasteiger partial charge in [0.05, 0.1) is 12.0 Å². The Morgan fingerprint density at radius 3 is 2.57 bits per heavy atom. The van der Waals surface area contributed by atoms with E-state index >= 15 is 0 Å². The third-order valence-corrected chi connectivity index (χ3v) is 2.65. The molecule has 1 rings (SSSR count). The molecule has 0 atom stereocenters. The number of hydrogen-bond donors (Lipinski definition) is 1. The van der Waals surface area contributed by atoms with Gasteiger partial charge in [-0.3, -0.25) is 9.59 Å². The van der Waals surface area contributed by atoms with Gasteiger partial charge < -0.3 is 14.7 Å². The standard InChI is InChI=1S/C13H14F3NO4/c1-2-17(6-5-11(18)19)12(20)9-4-3-8(14)7-10(9)21-13(15)16/h3-4,7,13H,2,5-6H2,1H3,(H,18,19). The van der Waals surface area contributed by atoms with Crippen molar-refractivity contribution in [2.45, 2.75) is 20.0 Å². The minimum absolute atomic E-state index is 0.0871. The molecular weight excluding hydrogens is 291 g/mol. The normalized spacial score (nSPS) is 10.5. The van der Waals surface area contributed by atoms with Crippen LogP contribution in [-0.2, 0) is 4.79 Å². The lowest BCUT2D eigenvalue weighted by atomic mass is 10.1. The Labute approximate surface area is 118 Å². The van der Waals surface area contributed by atoms with Gasteiger partial charge in [0.2, 0.25) is 0 Å². The van der Waals surface area contributed by atoms with Gasteiger partial charge in [0.1, 0.15) is 11.6 Å². The molecule has 0 aliphatic heterocycles. The molecule has 0 saturated heterocycles. The Morgan fingerprint density at radius 1 is 1.38 bits per heavy atom. The fourth-order valence-electron chi connectivity index (χ4n) is 1.67. The third kappa shape index (κ3) is 4.97. The quantitative estimate of drug-likeness (QED) is 0.840. The van der Waals surface area contributed by atoms with Crippen LogP contribution < -0.4 is 4.74 Å². The molecule has 0 bridgehead atoms. The summed E-state index contributed by atoms with van der Waals surface area (Å²) in [6.07, 6.45) is -0.286. The van der Waals surface area contributed by atoms with Gasteiger partial charge in [-0.15, -0.1) is 0 Å². The van der Waals surface area contributed by atoms with Gasteiger partial charge in [0, 0.05) is 19.2 Å². The first-order valence-electron chi connectivity index (χ1n) is 6.10. The van der Waals surface area contributed by atoms with Crippen molar-refractivity contribution < 1.29 is 32.6 Å². The van der Waals surface area contributed by atoms with Crippen LogP contribution in [0.5, 0.6) is 5.75 Å². The van der Waals surface area contributed by atoms with E-state index in [2.05, 4.69) is 4.74 Å². The molecule has 0 heterocycles. The van der Waals surface area contributed by atoms with Crippen LogP contribution in [0.4, 0.5) is 13.2 Å². The predicted octanol–water partition coefficient (Wildman–Crippen LogP) is 2.36. The van der Waals surface area contributed by atoms with E-state index in [9.17, 15) is 22.8 Å². The van der Waals surface area contributed by atoms with Crippen LogP contribution in [-0.4, -0.2) is 41.6 Å². The van der Waals surface area contributed by atoms with Crippen molar-refractivity contribution in [3.8, 4) is 5.75 Å². The van der Waals surface area contributed by atoms with Crippen molar-refractivity contribution in [2.75, 3.05) is 13.1 Å². The van der Waals surface area contributed by atoms with E-state index in [1.54, 1.807) is 6.92 Å². The fraction of sp³-hybridized carbons (Fsp3) is 0.385. The lowest BCUT2D eigenvalue weighted by molar-refractivity contribution is -0.137. The average Bonchev–Trinajstić information content (AvgIpc) is 2.38. The molecule has 0 aliphatic rings. The van der Waals surface area contributed by atoms with E-state index in [1.807, 2.05) is 0 Å². The highest BCUT2D eigenvalue weighted by Crippen LogP contribution is 2.23. The van der Waals surface area contributed by atoms with Crippen LogP contribution in [0.3, 0.4) is 0 Å². The molecule has 0 fully saturated rings. The lowest BCUT2D eigenvalue weighted by Gasteiger charge is -2.21. The number of carboxylic acids is 1. The summed E-state index contributed by atoms with van der Waals surface area (Å²) in [5.74, 6) is -3.20. The molecule has 116 valence electrons. The number of carboxylic acid groups (broad SMARTS) is 1. The maximum Gasteiger partial charge on any atom is 0.387 e. The number of amides is 1. The smallest absolute Gasteiger partial charge is 0.387 e. The number of aliphatic carboxylic acids is 1. The summed E-state index contributed by atoms with van der Waals surface area (Å²) in [5.41, 5.74) is -0.246. The van der Waals surface area contributed by atoms with Crippen molar-refractivity contribution in [3.05, 3.63) is 29.6 Å². The summed E-state index contributed by atoms with van der Waals surface area (Å²) in [7, 11) is 0. The number of nitrogens with zero attached hydrogens (tertiary/aromatic N) is 1. The van der Waals surface area contributed by atoms with Gasteiger partial charge in [-0.2, -0.15) is 8.78 Å². The largest absolute Gasteiger partial charge is 0.481 e. The number of rotatable bonds is 7. The van der Waals surface area contributed by atoms with Gasteiger partial charge in [-0.05, 0) is 19.1 Å². The zero-order valence-electron chi connectivity index (χ0n) is 11.2. The van der Waals surface area contributed by atoms with Crippen LogP contribution in [0.15, 0.2) is 18.2 Å². The molecule has 5 nitrogen and oxygen atoms in total. The molecule has 1 aromatic carbocycles. The fourth-order valence-corrected chi connectivity index (χ4v) is 1.67. The number of halogens is 3. The highest BCUT2D eigenvalue weighted by Gasteiger charge is 2.21. The first-order valence-corrected chi connectivity index (χ1v) is 6.10. The first kappa shape index (κ1) is 16.8. The Bertz CT molecular complexity index is 522. The first-order chi connectivity index (χ1) is 9.85. The number of carbonyl (C=O) groups is 2. The minimum Gasteiger partial charge on any atom is -0.481 e. The second-order valence-electron chi connectivity index (χ2n) is 4.05. The maximum atomic E-state index is 13.1. The molecule has 0 aromatic heterocycles. The van der Waals surface area contributed by atoms with Gasteiger partial charge in [0.25, 0.3) is 5.91 Å². The zero-order valence-corrected chi connectivity index (χ0v) is 11.2. The summed E-state index contributed by atoms with van der Waals surface area (Å²) in [5, 5.41) is 8.61. The molecular formula is C13H14F3NO4. The molecule has 0 spiro atoms. The molecule has 1 aromatic rings. The van der Waals surface area contributed by atoms with E-state index < -0.39 is 30.1 Å². The Morgan fingerprint density at radius 2 is 2.05 bits per heavy atom. The molecule has 0 radical (unpaired) electrons. The molecule has 1 amide bonds. The summed E-state index contributed by atoms with van der Waals surface area (Å²) in [6, 6.07) is 2.65. The Hall–Kier alpha value is -2.25. The molecule has 0 aliphatic carbocycles. The summed E-state index contributed by atoms with van der Waals surface area (Å²) in [4.78, 5) is 23.9. The van der Waals surface area contributed by atoms with Crippen molar-refractivity contribution in [1.82, 2.24) is 4.90 Å². The number of benzene rings is 1. The number of carbonyl (C=O) groups excluding carboxylic acids is 1. The summed E-state index contributed by atoms with van der Waals surface area (Å²) >= 11 is 0. The molecule has 1 N–H and O–H groups in total. The van der Waals surface area contributed by atoms with Crippen molar-refractivity contribution in [2.24, 2.45) is 0 Å². The van der Waals surface area contributed by atoms with Gasteiger partial charge in [0.15, 0.2) is 0 Å². The molecule has 0 unspecified atom stereocenters. The second-order valence-corrected chi connectivity index (χ2v) is 4.05. The molecule has 21 heavy (non-hydrogen) atoms. The number of ether oxygens (including phenoxy) is 1. The molecule has 8 heteroatoms. The van der Waals surface area contributed by atoms with Crippen LogP contribution in [0.1, 0.15) is 23.7 Å². The van der Waals surface area contributed by atoms with Crippen LogP contribution >= 0.6 is 0 Å². The van der Waals surface area contributed by atoms with E-state index in [0.717, 1.165) is 17.0 Å². The third-order valence-electron chi connectivity index (χ3n) is 2.65. The van der Waals surface area contributed by atoms with Crippen molar-refractivity contribution in [3.63, 3.8) is 0 Å². The second kappa shape index (κ2) is 7.51. The highest BCUT2D eigenvalue weighted by molar-refractivity contribution is 5.97. The predicted molar refractivity (Wildman–Crippen MR) is 66.9 cm³/mol. The topological polar surface area (TPSA) is 66.8 Å². The van der Waals surface area contributed by atoms with Gasteiger partial charge in [-0.25, -0.2) is 4.39 Å². The van der Waals surface area contributed by atoms with Crippen LogP contribution in [0.2, 0.25) is 0 Å². The SMILES string of the molecule is CCN(CCC(=O)O)C(=O)c1ccc(F)cc1OC(F)F. The maximum absolute atomic E-state index is 13.1. The minimum atomic E-state index is -3.20. The van der Waals surface area contributed by atoms with Gasteiger partial charge >= 0.3 is 12.6 Å². The van der Waals surface area contributed by atoms with Crippen LogP contribution in [0.25, 0.3) is 0 Å². The highest BCUT2D eigenvalue weighted by atomic mass is 19.3. The Kier molecular flexibility index (Phi) is 6.01. The van der Waals surface area contributed by atoms with E-state index in [1.165, 1.54) is 0 Å².